The Morgan fingerprint density at radius 1 is 1.06 bits per heavy atom. The minimum absolute atomic E-state index is 0.0989. The van der Waals surface area contributed by atoms with E-state index < -0.39 is 0 Å². The second kappa shape index (κ2) is 8.91. The highest BCUT2D eigenvalue weighted by Crippen LogP contribution is 2.34. The van der Waals surface area contributed by atoms with Gasteiger partial charge in [0, 0.05) is 22.9 Å². The molecule has 3 aromatic rings. The van der Waals surface area contributed by atoms with Gasteiger partial charge in [-0.25, -0.2) is 4.39 Å². The molecule has 1 aliphatic rings. The lowest BCUT2D eigenvalue weighted by Gasteiger charge is -2.35. The van der Waals surface area contributed by atoms with Gasteiger partial charge in [0.2, 0.25) is 0 Å². The summed E-state index contributed by atoms with van der Waals surface area (Å²) in [5.41, 5.74) is 4.20. The SMILES string of the molecule is COC1=C(OCc2ccc(-c3ccccc3)cc2F)C=C(C)N(c2noc(C)c2C)C1C. The van der Waals surface area contributed by atoms with Gasteiger partial charge in [-0.05, 0) is 44.9 Å². The number of benzene rings is 2. The summed E-state index contributed by atoms with van der Waals surface area (Å²) in [5.74, 6) is 2.46. The summed E-state index contributed by atoms with van der Waals surface area (Å²) in [4.78, 5) is 2.05. The number of aryl methyl sites for hydroxylation is 1. The molecule has 0 radical (unpaired) electrons. The highest BCUT2D eigenvalue weighted by Gasteiger charge is 2.32. The molecule has 0 saturated carbocycles. The Kier molecular flexibility index (Phi) is 6.04. The highest BCUT2D eigenvalue weighted by molar-refractivity contribution is 5.63. The van der Waals surface area contributed by atoms with Crippen LogP contribution in [0.5, 0.6) is 0 Å². The molecule has 1 aromatic heterocycles. The van der Waals surface area contributed by atoms with Crippen LogP contribution in [0.4, 0.5) is 10.2 Å². The molecule has 166 valence electrons. The summed E-state index contributed by atoms with van der Waals surface area (Å²) in [6.45, 7) is 7.95. The molecule has 0 aliphatic carbocycles. The summed E-state index contributed by atoms with van der Waals surface area (Å²) in [5, 5.41) is 4.21. The quantitative estimate of drug-likeness (QED) is 0.457. The number of ether oxygens (including phenoxy) is 2. The van der Waals surface area contributed by atoms with Crippen molar-refractivity contribution in [3.05, 3.63) is 94.5 Å². The minimum atomic E-state index is -0.300. The summed E-state index contributed by atoms with van der Waals surface area (Å²) >= 11 is 0. The van der Waals surface area contributed by atoms with Crippen LogP contribution in [0.2, 0.25) is 0 Å². The molecule has 0 amide bonds. The Morgan fingerprint density at radius 3 is 2.44 bits per heavy atom. The average molecular weight is 435 g/mol. The van der Waals surface area contributed by atoms with Crippen molar-refractivity contribution in [1.29, 1.82) is 0 Å². The van der Waals surface area contributed by atoms with Crippen molar-refractivity contribution in [2.45, 2.75) is 40.3 Å². The first-order chi connectivity index (χ1) is 15.4. The van der Waals surface area contributed by atoms with Crippen LogP contribution >= 0.6 is 0 Å². The number of rotatable bonds is 6. The first-order valence-electron chi connectivity index (χ1n) is 10.6. The third-order valence-electron chi connectivity index (χ3n) is 5.85. The Hall–Kier alpha value is -3.54. The van der Waals surface area contributed by atoms with Gasteiger partial charge >= 0.3 is 0 Å². The van der Waals surface area contributed by atoms with Gasteiger partial charge in [0.05, 0.1) is 13.2 Å². The van der Waals surface area contributed by atoms with E-state index in [-0.39, 0.29) is 18.5 Å². The Balaban J connectivity index is 1.55. The van der Waals surface area contributed by atoms with E-state index in [1.54, 1.807) is 19.2 Å². The van der Waals surface area contributed by atoms with Crippen LogP contribution in [0.15, 0.2) is 76.3 Å². The first-order valence-corrected chi connectivity index (χ1v) is 10.6. The molecule has 1 atom stereocenters. The van der Waals surface area contributed by atoms with E-state index in [0.29, 0.717) is 17.1 Å². The van der Waals surface area contributed by atoms with Gasteiger partial charge in [-0.3, -0.25) is 0 Å². The fraction of sp³-hybridized carbons (Fsp3) is 0.269. The minimum Gasteiger partial charge on any atom is -0.495 e. The summed E-state index contributed by atoms with van der Waals surface area (Å²) in [7, 11) is 1.61. The van der Waals surface area contributed by atoms with Gasteiger partial charge in [-0.15, -0.1) is 0 Å². The maximum absolute atomic E-state index is 14.8. The Bertz CT molecular complexity index is 1180. The van der Waals surface area contributed by atoms with Crippen molar-refractivity contribution < 1.29 is 18.4 Å². The van der Waals surface area contributed by atoms with Crippen LogP contribution in [0, 0.1) is 19.7 Å². The second-order valence-electron chi connectivity index (χ2n) is 7.91. The predicted molar refractivity (Wildman–Crippen MR) is 122 cm³/mol. The van der Waals surface area contributed by atoms with Crippen LogP contribution < -0.4 is 4.90 Å². The highest BCUT2D eigenvalue weighted by atomic mass is 19.1. The van der Waals surface area contributed by atoms with Gasteiger partial charge < -0.3 is 18.9 Å². The molecular formula is C26H27FN2O3. The van der Waals surface area contributed by atoms with E-state index in [4.69, 9.17) is 14.0 Å². The summed E-state index contributed by atoms with van der Waals surface area (Å²) < 4.78 is 31.8. The lowest BCUT2D eigenvalue weighted by atomic mass is 10.0. The lowest BCUT2D eigenvalue weighted by Crippen LogP contribution is -2.37. The number of methoxy groups -OCH3 is 1. The van der Waals surface area contributed by atoms with Crippen LogP contribution in [-0.2, 0) is 16.1 Å². The molecule has 32 heavy (non-hydrogen) atoms. The third-order valence-corrected chi connectivity index (χ3v) is 5.85. The van der Waals surface area contributed by atoms with Crippen LogP contribution in [-0.4, -0.2) is 18.3 Å². The van der Waals surface area contributed by atoms with Crippen LogP contribution in [0.3, 0.4) is 0 Å². The van der Waals surface area contributed by atoms with Crippen molar-refractivity contribution in [3.63, 3.8) is 0 Å². The number of nitrogens with zero attached hydrogens (tertiary/aromatic N) is 2. The molecule has 1 unspecified atom stereocenters. The van der Waals surface area contributed by atoms with Gasteiger partial charge in [0.1, 0.15) is 18.2 Å². The second-order valence-corrected chi connectivity index (χ2v) is 7.91. The molecule has 2 aromatic carbocycles. The molecule has 6 heteroatoms. The standard InChI is InChI=1S/C26H27FN2O3/c1-16-13-24(25(30-5)18(3)29(16)26-17(2)19(4)32-28-26)31-15-22-12-11-21(14-23(22)27)20-9-7-6-8-10-20/h6-14,18H,15H2,1-5H3. The van der Waals surface area contributed by atoms with Crippen molar-refractivity contribution in [3.8, 4) is 11.1 Å². The van der Waals surface area contributed by atoms with Crippen molar-refractivity contribution in [1.82, 2.24) is 5.16 Å². The van der Waals surface area contributed by atoms with E-state index in [2.05, 4.69) is 5.16 Å². The molecule has 2 heterocycles. The van der Waals surface area contributed by atoms with Gasteiger partial charge in [-0.2, -0.15) is 0 Å². The molecule has 0 spiro atoms. The van der Waals surface area contributed by atoms with E-state index in [0.717, 1.165) is 34.0 Å². The predicted octanol–water partition coefficient (Wildman–Crippen LogP) is 6.28. The van der Waals surface area contributed by atoms with E-state index in [1.807, 2.05) is 75.1 Å². The van der Waals surface area contributed by atoms with E-state index in [1.165, 1.54) is 0 Å². The van der Waals surface area contributed by atoms with Crippen molar-refractivity contribution in [2.24, 2.45) is 0 Å². The monoisotopic (exact) mass is 434 g/mol. The van der Waals surface area contributed by atoms with E-state index in [9.17, 15) is 4.39 Å². The lowest BCUT2D eigenvalue weighted by molar-refractivity contribution is 0.163. The zero-order valence-electron chi connectivity index (χ0n) is 19.0. The number of allylic oxidation sites excluding steroid dienone is 2. The summed E-state index contributed by atoms with van der Waals surface area (Å²) in [6.07, 6.45) is 1.89. The third kappa shape index (κ3) is 4.00. The van der Waals surface area contributed by atoms with Crippen molar-refractivity contribution >= 4 is 5.82 Å². The molecule has 5 nitrogen and oxygen atoms in total. The first kappa shape index (κ1) is 21.7. The normalized spacial score (nSPS) is 16.2. The molecule has 0 saturated heterocycles. The topological polar surface area (TPSA) is 47.7 Å². The van der Waals surface area contributed by atoms with Crippen LogP contribution in [0.1, 0.15) is 30.7 Å². The number of anilines is 1. The van der Waals surface area contributed by atoms with E-state index >= 15 is 0 Å². The Labute approximate surface area is 187 Å². The number of hydrogen-bond acceptors (Lipinski definition) is 5. The number of aromatic nitrogens is 1. The molecule has 0 bridgehead atoms. The largest absolute Gasteiger partial charge is 0.495 e. The summed E-state index contributed by atoms with van der Waals surface area (Å²) in [6, 6.07) is 14.8. The Morgan fingerprint density at radius 2 is 1.81 bits per heavy atom. The maximum Gasteiger partial charge on any atom is 0.180 e. The zero-order chi connectivity index (χ0) is 22.8. The maximum atomic E-state index is 14.8. The van der Waals surface area contributed by atoms with Gasteiger partial charge in [0.25, 0.3) is 0 Å². The van der Waals surface area contributed by atoms with Gasteiger partial charge in [-0.1, -0.05) is 47.6 Å². The number of hydrogen-bond donors (Lipinski definition) is 0. The van der Waals surface area contributed by atoms with Gasteiger partial charge in [0.15, 0.2) is 17.3 Å². The fourth-order valence-electron chi connectivity index (χ4n) is 3.95. The number of halogens is 1. The zero-order valence-corrected chi connectivity index (χ0v) is 19.0. The molecule has 4 rings (SSSR count). The molecule has 0 fully saturated rings. The smallest absolute Gasteiger partial charge is 0.180 e. The molecule has 0 N–H and O–H groups in total. The molecular weight excluding hydrogens is 407 g/mol. The fourth-order valence-corrected chi connectivity index (χ4v) is 3.95. The van der Waals surface area contributed by atoms with Crippen molar-refractivity contribution in [2.75, 3.05) is 12.0 Å². The van der Waals surface area contributed by atoms with Crippen LogP contribution in [0.25, 0.3) is 11.1 Å². The average Bonchev–Trinajstić information content (AvgIpc) is 3.11. The molecule has 1 aliphatic heterocycles.